The molecular weight excluding hydrogens is 254 g/mol. The maximum absolute atomic E-state index is 11.8. The molecule has 100 valence electrons. The van der Waals surface area contributed by atoms with Crippen molar-refractivity contribution < 1.29 is 14.6 Å². The number of carbonyl (C=O) groups excluding carboxylic acids is 1. The molecule has 0 saturated carbocycles. The maximum atomic E-state index is 11.8. The van der Waals surface area contributed by atoms with E-state index in [0.717, 1.165) is 0 Å². The molecule has 0 heterocycles. The normalized spacial score (nSPS) is 11.2. The first-order valence-corrected chi connectivity index (χ1v) is 6.01. The lowest BCUT2D eigenvalue weighted by molar-refractivity contribution is -0.134. The molecule has 0 atom stereocenters. The summed E-state index contributed by atoms with van der Waals surface area (Å²) in [5, 5.41) is 10.1. The third kappa shape index (κ3) is 4.94. The molecule has 1 amide bonds. The topological polar surface area (TPSA) is 49.8 Å². The Kier molecular flexibility index (Phi) is 4.99. The average Bonchev–Trinajstić information content (AvgIpc) is 2.25. The summed E-state index contributed by atoms with van der Waals surface area (Å²) in [5.74, 6) is 0.265. The molecule has 0 aliphatic rings. The minimum Gasteiger partial charge on any atom is -0.482 e. The predicted octanol–water partition coefficient (Wildman–Crippen LogP) is 1.95. The predicted molar refractivity (Wildman–Crippen MR) is 70.9 cm³/mol. The SMILES string of the molecule is CN(CC(C)(C)O)C(=O)COc1ccccc1Cl. The Labute approximate surface area is 112 Å². The van der Waals surface area contributed by atoms with E-state index in [0.29, 0.717) is 10.8 Å². The molecule has 1 aromatic carbocycles. The van der Waals surface area contributed by atoms with Gasteiger partial charge in [-0.2, -0.15) is 0 Å². The van der Waals surface area contributed by atoms with Crippen LogP contribution in [0.1, 0.15) is 13.8 Å². The molecule has 1 aromatic rings. The van der Waals surface area contributed by atoms with Crippen LogP contribution in [0.25, 0.3) is 0 Å². The average molecular weight is 272 g/mol. The number of hydrogen-bond acceptors (Lipinski definition) is 3. The van der Waals surface area contributed by atoms with Crippen LogP contribution in [-0.2, 0) is 4.79 Å². The molecule has 0 spiro atoms. The van der Waals surface area contributed by atoms with Gasteiger partial charge in [-0.15, -0.1) is 0 Å². The van der Waals surface area contributed by atoms with Crippen LogP contribution in [0.4, 0.5) is 0 Å². The number of aliphatic hydroxyl groups is 1. The molecule has 0 unspecified atom stereocenters. The second-order valence-electron chi connectivity index (χ2n) is 4.78. The summed E-state index contributed by atoms with van der Waals surface area (Å²) in [6, 6.07) is 6.97. The highest BCUT2D eigenvalue weighted by Gasteiger charge is 2.19. The number of para-hydroxylation sites is 1. The molecule has 0 saturated heterocycles. The highest BCUT2D eigenvalue weighted by Crippen LogP contribution is 2.22. The zero-order valence-electron chi connectivity index (χ0n) is 10.8. The van der Waals surface area contributed by atoms with Crippen molar-refractivity contribution in [1.82, 2.24) is 4.90 Å². The summed E-state index contributed by atoms with van der Waals surface area (Å²) >= 11 is 5.90. The number of likely N-dealkylation sites (N-methyl/N-ethyl adjacent to an activating group) is 1. The van der Waals surface area contributed by atoms with E-state index in [1.165, 1.54) is 4.90 Å². The standard InChI is InChI=1S/C13H18ClNO3/c1-13(2,17)9-15(3)12(16)8-18-11-7-5-4-6-10(11)14/h4-7,17H,8-9H2,1-3H3. The maximum Gasteiger partial charge on any atom is 0.260 e. The van der Waals surface area contributed by atoms with Crippen molar-refractivity contribution in [3.05, 3.63) is 29.3 Å². The first-order valence-electron chi connectivity index (χ1n) is 5.63. The van der Waals surface area contributed by atoms with Crippen LogP contribution in [0.5, 0.6) is 5.75 Å². The van der Waals surface area contributed by atoms with Gasteiger partial charge in [-0.05, 0) is 26.0 Å². The number of amides is 1. The second-order valence-corrected chi connectivity index (χ2v) is 5.19. The molecule has 1 rings (SSSR count). The second kappa shape index (κ2) is 6.07. The van der Waals surface area contributed by atoms with Crippen LogP contribution in [0.15, 0.2) is 24.3 Å². The van der Waals surface area contributed by atoms with E-state index in [-0.39, 0.29) is 19.1 Å². The van der Waals surface area contributed by atoms with Gasteiger partial charge in [-0.3, -0.25) is 4.79 Å². The van der Waals surface area contributed by atoms with Gasteiger partial charge in [0.05, 0.1) is 10.6 Å². The molecule has 0 aromatic heterocycles. The zero-order chi connectivity index (χ0) is 13.8. The molecule has 0 aliphatic heterocycles. The third-order valence-corrected chi connectivity index (χ3v) is 2.55. The Hall–Kier alpha value is -1.26. The lowest BCUT2D eigenvalue weighted by Gasteiger charge is -2.25. The summed E-state index contributed by atoms with van der Waals surface area (Å²) in [7, 11) is 1.62. The van der Waals surface area contributed by atoms with Gasteiger partial charge in [0.25, 0.3) is 5.91 Å². The minimum absolute atomic E-state index is 0.101. The molecule has 0 fully saturated rings. The number of rotatable bonds is 5. The Balaban J connectivity index is 2.49. The van der Waals surface area contributed by atoms with Crippen LogP contribution in [0.3, 0.4) is 0 Å². The number of nitrogens with zero attached hydrogens (tertiary/aromatic N) is 1. The molecule has 4 nitrogen and oxygen atoms in total. The zero-order valence-corrected chi connectivity index (χ0v) is 11.6. The lowest BCUT2D eigenvalue weighted by Crippen LogP contribution is -2.41. The Morgan fingerprint density at radius 1 is 1.44 bits per heavy atom. The molecule has 5 heteroatoms. The van der Waals surface area contributed by atoms with Gasteiger partial charge >= 0.3 is 0 Å². The van der Waals surface area contributed by atoms with Crippen LogP contribution < -0.4 is 4.74 Å². The van der Waals surface area contributed by atoms with Crippen molar-refractivity contribution in [1.29, 1.82) is 0 Å². The van der Waals surface area contributed by atoms with Gasteiger partial charge < -0.3 is 14.7 Å². The fourth-order valence-electron chi connectivity index (χ4n) is 1.48. The molecule has 0 aliphatic carbocycles. The minimum atomic E-state index is -0.922. The lowest BCUT2D eigenvalue weighted by atomic mass is 10.1. The van der Waals surface area contributed by atoms with E-state index >= 15 is 0 Å². The molecule has 18 heavy (non-hydrogen) atoms. The van der Waals surface area contributed by atoms with E-state index in [4.69, 9.17) is 16.3 Å². The fourth-order valence-corrected chi connectivity index (χ4v) is 1.67. The van der Waals surface area contributed by atoms with Crippen LogP contribution >= 0.6 is 11.6 Å². The Bertz CT molecular complexity index is 415. The third-order valence-electron chi connectivity index (χ3n) is 2.24. The van der Waals surface area contributed by atoms with Gasteiger partial charge in [-0.25, -0.2) is 0 Å². The first-order chi connectivity index (χ1) is 8.29. The van der Waals surface area contributed by atoms with Gasteiger partial charge in [-0.1, -0.05) is 23.7 Å². The first kappa shape index (κ1) is 14.8. The van der Waals surface area contributed by atoms with Crippen molar-refractivity contribution in [2.45, 2.75) is 19.4 Å². The monoisotopic (exact) mass is 271 g/mol. The number of benzene rings is 1. The van der Waals surface area contributed by atoms with Gasteiger partial charge in [0.1, 0.15) is 5.75 Å². The molecular formula is C13H18ClNO3. The summed E-state index contributed by atoms with van der Waals surface area (Å²) < 4.78 is 5.33. The molecule has 1 N–H and O–H groups in total. The van der Waals surface area contributed by atoms with Crippen molar-refractivity contribution in [2.75, 3.05) is 20.2 Å². The van der Waals surface area contributed by atoms with Crippen molar-refractivity contribution in [2.24, 2.45) is 0 Å². The Morgan fingerprint density at radius 2 is 2.06 bits per heavy atom. The molecule has 0 bridgehead atoms. The Morgan fingerprint density at radius 3 is 2.61 bits per heavy atom. The summed E-state index contributed by atoms with van der Waals surface area (Å²) in [4.78, 5) is 13.2. The fraction of sp³-hybridized carbons (Fsp3) is 0.462. The quantitative estimate of drug-likeness (QED) is 0.891. The summed E-state index contributed by atoms with van der Waals surface area (Å²) in [6.45, 7) is 3.44. The number of ether oxygens (including phenoxy) is 1. The van der Waals surface area contributed by atoms with E-state index in [9.17, 15) is 9.90 Å². The van der Waals surface area contributed by atoms with Gasteiger partial charge in [0.15, 0.2) is 6.61 Å². The number of carbonyl (C=O) groups is 1. The van der Waals surface area contributed by atoms with E-state index < -0.39 is 5.60 Å². The van der Waals surface area contributed by atoms with E-state index in [2.05, 4.69) is 0 Å². The number of halogens is 1. The van der Waals surface area contributed by atoms with E-state index in [1.54, 1.807) is 45.2 Å². The van der Waals surface area contributed by atoms with Crippen molar-refractivity contribution in [3.8, 4) is 5.75 Å². The van der Waals surface area contributed by atoms with Crippen LogP contribution in [-0.4, -0.2) is 41.7 Å². The summed E-state index contributed by atoms with van der Waals surface area (Å²) in [5.41, 5.74) is -0.922. The van der Waals surface area contributed by atoms with Crippen LogP contribution in [0.2, 0.25) is 5.02 Å². The smallest absolute Gasteiger partial charge is 0.260 e. The largest absolute Gasteiger partial charge is 0.482 e. The van der Waals surface area contributed by atoms with Crippen LogP contribution in [0, 0.1) is 0 Å². The highest BCUT2D eigenvalue weighted by molar-refractivity contribution is 6.32. The van der Waals surface area contributed by atoms with Crippen molar-refractivity contribution >= 4 is 17.5 Å². The van der Waals surface area contributed by atoms with E-state index in [1.807, 2.05) is 0 Å². The number of hydrogen-bond donors (Lipinski definition) is 1. The molecule has 0 radical (unpaired) electrons. The highest BCUT2D eigenvalue weighted by atomic mass is 35.5. The summed E-state index contributed by atoms with van der Waals surface area (Å²) in [6.07, 6.45) is 0. The van der Waals surface area contributed by atoms with Gasteiger partial charge in [0, 0.05) is 13.6 Å². The van der Waals surface area contributed by atoms with Crippen molar-refractivity contribution in [3.63, 3.8) is 0 Å². The van der Waals surface area contributed by atoms with Gasteiger partial charge in [0.2, 0.25) is 0 Å².